The van der Waals surface area contributed by atoms with Crippen molar-refractivity contribution < 1.29 is 4.79 Å². The van der Waals surface area contributed by atoms with E-state index in [1.807, 2.05) is 67.0 Å². The summed E-state index contributed by atoms with van der Waals surface area (Å²) in [7, 11) is 5.93. The van der Waals surface area contributed by atoms with Crippen LogP contribution in [0, 0.1) is 0 Å². The van der Waals surface area contributed by atoms with Crippen molar-refractivity contribution in [3.05, 3.63) is 29.8 Å². The van der Waals surface area contributed by atoms with E-state index in [2.05, 4.69) is 6.26 Å². The molecule has 1 amide bonds. The Morgan fingerprint density at radius 1 is 1.25 bits per heavy atom. The van der Waals surface area contributed by atoms with E-state index < -0.39 is 0 Å². The average molecular weight is 292 g/mol. The van der Waals surface area contributed by atoms with Crippen LogP contribution < -0.4 is 4.90 Å². The fraction of sp³-hybridized carbons (Fsp3) is 0.562. The first-order valence-corrected chi connectivity index (χ1v) is 8.39. The largest absolute Gasteiger partial charge is 0.378 e. The zero-order valence-corrected chi connectivity index (χ0v) is 13.6. The third kappa shape index (κ3) is 3.29. The summed E-state index contributed by atoms with van der Waals surface area (Å²) in [5.74, 6) is 0.139. The minimum Gasteiger partial charge on any atom is -0.378 e. The fourth-order valence-electron chi connectivity index (χ4n) is 2.77. The van der Waals surface area contributed by atoms with E-state index in [0.29, 0.717) is 11.3 Å². The van der Waals surface area contributed by atoms with Gasteiger partial charge in [-0.25, -0.2) is 0 Å². The molecule has 20 heavy (non-hydrogen) atoms. The number of nitrogens with zero attached hydrogens (tertiary/aromatic N) is 2. The Hall–Kier alpha value is -1.16. The van der Waals surface area contributed by atoms with Gasteiger partial charge in [0.15, 0.2) is 0 Å². The molecule has 1 aliphatic rings. The monoisotopic (exact) mass is 292 g/mol. The van der Waals surface area contributed by atoms with Gasteiger partial charge in [0.25, 0.3) is 5.91 Å². The average Bonchev–Trinajstić information content (AvgIpc) is 2.94. The Bertz CT molecular complexity index is 475. The lowest BCUT2D eigenvalue weighted by atomic mass is 10.1. The molecule has 1 aromatic carbocycles. The first-order valence-electron chi connectivity index (χ1n) is 7.10. The van der Waals surface area contributed by atoms with Crippen molar-refractivity contribution in [1.29, 1.82) is 0 Å². The van der Waals surface area contributed by atoms with Crippen LogP contribution in [0.5, 0.6) is 0 Å². The van der Waals surface area contributed by atoms with Gasteiger partial charge in [0.1, 0.15) is 0 Å². The molecule has 0 aliphatic heterocycles. The van der Waals surface area contributed by atoms with Crippen LogP contribution in [0.25, 0.3) is 0 Å². The SMILES string of the molecule is CS[C@H]1CC[C@H](N(C)C(=O)c2cccc(N(C)C)c2)C1. The van der Waals surface area contributed by atoms with Gasteiger partial charge in [0, 0.05) is 43.7 Å². The van der Waals surface area contributed by atoms with Crippen molar-refractivity contribution in [2.75, 3.05) is 32.3 Å². The molecule has 1 saturated carbocycles. The molecule has 0 aromatic heterocycles. The van der Waals surface area contributed by atoms with Gasteiger partial charge in [0.2, 0.25) is 0 Å². The minimum absolute atomic E-state index is 0.139. The number of thioether (sulfide) groups is 1. The van der Waals surface area contributed by atoms with Crippen molar-refractivity contribution >= 4 is 23.4 Å². The van der Waals surface area contributed by atoms with E-state index in [1.165, 1.54) is 6.42 Å². The van der Waals surface area contributed by atoms with Crippen LogP contribution in [0.4, 0.5) is 5.69 Å². The smallest absolute Gasteiger partial charge is 0.253 e. The van der Waals surface area contributed by atoms with E-state index in [0.717, 1.165) is 24.1 Å². The molecule has 0 radical (unpaired) electrons. The van der Waals surface area contributed by atoms with Crippen LogP contribution in [-0.4, -0.2) is 49.5 Å². The number of hydrogen-bond acceptors (Lipinski definition) is 3. The highest BCUT2D eigenvalue weighted by molar-refractivity contribution is 7.99. The van der Waals surface area contributed by atoms with Gasteiger partial charge >= 0.3 is 0 Å². The second kappa shape index (κ2) is 6.53. The summed E-state index contributed by atoms with van der Waals surface area (Å²) in [5.41, 5.74) is 1.85. The molecule has 0 unspecified atom stereocenters. The maximum Gasteiger partial charge on any atom is 0.253 e. The third-order valence-corrected chi connectivity index (χ3v) is 5.26. The number of benzene rings is 1. The Morgan fingerprint density at radius 2 is 2.00 bits per heavy atom. The molecule has 0 spiro atoms. The molecule has 0 saturated heterocycles. The molecular weight excluding hydrogens is 268 g/mol. The highest BCUT2D eigenvalue weighted by atomic mass is 32.2. The predicted molar refractivity (Wildman–Crippen MR) is 87.8 cm³/mol. The summed E-state index contributed by atoms with van der Waals surface area (Å²) in [6.07, 6.45) is 5.63. The summed E-state index contributed by atoms with van der Waals surface area (Å²) >= 11 is 1.92. The van der Waals surface area contributed by atoms with E-state index >= 15 is 0 Å². The van der Waals surface area contributed by atoms with Gasteiger partial charge in [-0.05, 0) is 43.7 Å². The zero-order chi connectivity index (χ0) is 14.7. The second-order valence-electron chi connectivity index (χ2n) is 5.69. The first kappa shape index (κ1) is 15.2. The molecule has 0 bridgehead atoms. The van der Waals surface area contributed by atoms with E-state index in [9.17, 15) is 4.79 Å². The highest BCUT2D eigenvalue weighted by Crippen LogP contribution is 2.31. The summed E-state index contributed by atoms with van der Waals surface area (Å²) in [5, 5.41) is 0.711. The molecule has 110 valence electrons. The Kier molecular flexibility index (Phi) is 4.97. The van der Waals surface area contributed by atoms with Crippen LogP contribution >= 0.6 is 11.8 Å². The van der Waals surface area contributed by atoms with Gasteiger partial charge in [-0.2, -0.15) is 11.8 Å². The van der Waals surface area contributed by atoms with Crippen LogP contribution in [0.15, 0.2) is 24.3 Å². The zero-order valence-electron chi connectivity index (χ0n) is 12.8. The fourth-order valence-corrected chi connectivity index (χ4v) is 3.56. The highest BCUT2D eigenvalue weighted by Gasteiger charge is 2.29. The summed E-state index contributed by atoms with van der Waals surface area (Å²) in [6, 6.07) is 8.25. The van der Waals surface area contributed by atoms with Crippen molar-refractivity contribution in [1.82, 2.24) is 4.90 Å². The van der Waals surface area contributed by atoms with E-state index in [1.54, 1.807) is 0 Å². The predicted octanol–water partition coefficient (Wildman–Crippen LogP) is 3.11. The van der Waals surface area contributed by atoms with Crippen LogP contribution in [0.3, 0.4) is 0 Å². The lowest BCUT2D eigenvalue weighted by Gasteiger charge is -2.25. The third-order valence-electron chi connectivity index (χ3n) is 4.17. The molecule has 2 rings (SSSR count). The summed E-state index contributed by atoms with van der Waals surface area (Å²) in [4.78, 5) is 16.6. The quantitative estimate of drug-likeness (QED) is 0.852. The van der Waals surface area contributed by atoms with Crippen molar-refractivity contribution in [2.45, 2.75) is 30.6 Å². The molecule has 1 aliphatic carbocycles. The second-order valence-corrected chi connectivity index (χ2v) is 6.82. The number of amides is 1. The van der Waals surface area contributed by atoms with Gasteiger partial charge in [-0.3, -0.25) is 4.79 Å². The molecular formula is C16H24N2OS. The summed E-state index contributed by atoms with van der Waals surface area (Å²) in [6.45, 7) is 0. The van der Waals surface area contributed by atoms with E-state index in [4.69, 9.17) is 0 Å². The maximum absolute atomic E-state index is 12.6. The lowest BCUT2D eigenvalue weighted by molar-refractivity contribution is 0.0735. The van der Waals surface area contributed by atoms with Gasteiger partial charge in [0.05, 0.1) is 0 Å². The molecule has 0 N–H and O–H groups in total. The van der Waals surface area contributed by atoms with Crippen molar-refractivity contribution in [2.24, 2.45) is 0 Å². The first-order chi connectivity index (χ1) is 9.52. The standard InChI is InChI=1S/C16H24N2OS/c1-17(2)13-7-5-6-12(10-13)16(19)18(3)14-8-9-15(11-14)20-4/h5-7,10,14-15H,8-9,11H2,1-4H3/t14-,15-/m0/s1. The summed E-state index contributed by atoms with van der Waals surface area (Å²) < 4.78 is 0. The minimum atomic E-state index is 0.139. The van der Waals surface area contributed by atoms with E-state index in [-0.39, 0.29) is 5.91 Å². The number of carbonyl (C=O) groups is 1. The lowest BCUT2D eigenvalue weighted by Crippen LogP contribution is -2.35. The normalized spacial score (nSPS) is 21.8. The van der Waals surface area contributed by atoms with Crippen LogP contribution in [0.2, 0.25) is 0 Å². The molecule has 2 atom stereocenters. The number of rotatable bonds is 4. The Balaban J connectivity index is 2.09. The topological polar surface area (TPSA) is 23.6 Å². The number of hydrogen-bond donors (Lipinski definition) is 0. The number of carbonyl (C=O) groups excluding carboxylic acids is 1. The van der Waals surface area contributed by atoms with Gasteiger partial charge < -0.3 is 9.80 Å². The van der Waals surface area contributed by atoms with Gasteiger partial charge in [-0.1, -0.05) is 6.07 Å². The van der Waals surface area contributed by atoms with Crippen LogP contribution in [-0.2, 0) is 0 Å². The van der Waals surface area contributed by atoms with Crippen LogP contribution in [0.1, 0.15) is 29.6 Å². The number of anilines is 1. The molecule has 3 nitrogen and oxygen atoms in total. The Labute approximate surface area is 126 Å². The van der Waals surface area contributed by atoms with Crippen molar-refractivity contribution in [3.63, 3.8) is 0 Å². The molecule has 0 heterocycles. The maximum atomic E-state index is 12.6. The molecule has 1 fully saturated rings. The van der Waals surface area contributed by atoms with Gasteiger partial charge in [-0.15, -0.1) is 0 Å². The molecule has 4 heteroatoms. The molecule has 1 aromatic rings. The Morgan fingerprint density at radius 3 is 2.60 bits per heavy atom. The van der Waals surface area contributed by atoms with Crippen molar-refractivity contribution in [3.8, 4) is 0 Å².